The molecule has 0 bridgehead atoms. The van der Waals surface area contributed by atoms with Gasteiger partial charge >= 0.3 is 59.1 Å². The summed E-state index contributed by atoms with van der Waals surface area (Å²) in [7, 11) is -5.17. The Morgan fingerprint density at radius 1 is 0.615 bits per heavy atom. The third-order valence-electron chi connectivity index (χ3n) is 1.96. The Morgan fingerprint density at radius 2 is 0.808 bits per heavy atom. The van der Waals surface area contributed by atoms with Gasteiger partial charge in [-0.2, -0.15) is 0 Å². The molecule has 0 atom stereocenters. The summed E-state index contributed by atoms with van der Waals surface area (Å²) in [4.78, 5) is 0. The summed E-state index contributed by atoms with van der Waals surface area (Å²) in [6.45, 7) is 12.8. The van der Waals surface area contributed by atoms with Crippen molar-refractivity contribution in [3.05, 3.63) is 25.3 Å². The predicted octanol–water partition coefficient (Wildman–Crippen LogP) is -5.89. The van der Waals surface area contributed by atoms with Gasteiger partial charge in [-0.25, -0.2) is 0 Å². The summed E-state index contributed by atoms with van der Waals surface area (Å²) >= 11 is 0. The third kappa shape index (κ3) is 49.9. The second kappa shape index (κ2) is 28.4. The van der Waals surface area contributed by atoms with Crippen molar-refractivity contribution >= 4 is 10.4 Å². The summed E-state index contributed by atoms with van der Waals surface area (Å²) in [5.41, 5.74) is 0. The number of hydrogen-bond acceptors (Lipinski definition) is 9. The quantitative estimate of drug-likeness (QED) is 0.0795. The van der Waals surface area contributed by atoms with E-state index in [2.05, 4.69) is 13.2 Å². The first-order valence-corrected chi connectivity index (χ1v) is 8.52. The molecule has 0 radical (unpaired) electrons. The van der Waals surface area contributed by atoms with Gasteiger partial charge in [-0.05, 0) is 0 Å². The Balaban J connectivity index is -0.000000304. The van der Waals surface area contributed by atoms with Crippen LogP contribution in [0.1, 0.15) is 0 Å². The van der Waals surface area contributed by atoms with Gasteiger partial charge in [0.15, 0.2) is 0 Å². The van der Waals surface area contributed by atoms with Gasteiger partial charge in [0.25, 0.3) is 0 Å². The zero-order valence-corrected chi connectivity index (χ0v) is 20.5. The molecule has 12 heteroatoms. The van der Waals surface area contributed by atoms with Gasteiger partial charge in [0.2, 0.25) is 0 Å². The molecule has 0 aliphatic carbocycles. The minimum Gasteiger partial charge on any atom is -0.759 e. The molecule has 9 nitrogen and oxygen atoms in total. The molecule has 0 heterocycles. The molecule has 144 valence electrons. The molecule has 0 aromatic heterocycles. The monoisotopic (exact) mass is 416 g/mol. The molecule has 0 unspecified atom stereocenters. The molecule has 0 spiro atoms. The van der Waals surface area contributed by atoms with E-state index in [-0.39, 0.29) is 59.1 Å². The topological polar surface area (TPSA) is 126 Å². The van der Waals surface area contributed by atoms with E-state index in [1.54, 1.807) is 12.2 Å². The average molecular weight is 416 g/mol. The Morgan fingerprint density at radius 3 is 1.00 bits per heavy atom. The minimum atomic E-state index is -5.17. The molecule has 0 fully saturated rings. The van der Waals surface area contributed by atoms with E-state index in [4.69, 9.17) is 41.2 Å². The maximum atomic E-state index is 8.52. The van der Waals surface area contributed by atoms with Crippen LogP contribution >= 0.6 is 0 Å². The van der Waals surface area contributed by atoms with Crippen molar-refractivity contribution < 1.29 is 100 Å². The molecule has 0 amide bonds. The molecule has 0 saturated heterocycles. The maximum absolute atomic E-state index is 8.52. The van der Waals surface area contributed by atoms with Crippen molar-refractivity contribution in [1.82, 2.24) is 0 Å². The largest absolute Gasteiger partial charge is 1.00 e. The van der Waals surface area contributed by atoms with E-state index in [1.165, 1.54) is 0 Å². The van der Waals surface area contributed by atoms with Crippen molar-refractivity contribution in [2.24, 2.45) is 0 Å². The van der Waals surface area contributed by atoms with Crippen molar-refractivity contribution in [2.45, 2.75) is 0 Å². The molecule has 0 saturated carbocycles. The SMILES string of the molecule is C=CCOCCOCCOCCOCCOCC=C.O=S(=O)([O-])[O-].[Na+].[Na+]. The van der Waals surface area contributed by atoms with Gasteiger partial charge in [-0.1, -0.05) is 12.2 Å². The average Bonchev–Trinajstić information content (AvgIpc) is 2.49. The first-order chi connectivity index (χ1) is 11.4. The van der Waals surface area contributed by atoms with Crippen LogP contribution in [-0.2, 0) is 34.1 Å². The summed E-state index contributed by atoms with van der Waals surface area (Å²) in [5, 5.41) is 0. The standard InChI is InChI=1S/C14H26O5.2Na.H2O4S/c1-3-5-15-7-9-17-11-13-19-14-12-18-10-8-16-6-4-2;;;1-5(2,3)4/h3-4H,1-2,5-14H2;;;(H2,1,2,3,4)/q;2*+1;/p-2. The number of ether oxygens (including phenoxy) is 5. The molecule has 0 aromatic carbocycles. The second-order valence-corrected chi connectivity index (χ2v) is 4.79. The summed E-state index contributed by atoms with van der Waals surface area (Å²) < 4.78 is 60.3. The maximum Gasteiger partial charge on any atom is 1.00 e. The van der Waals surface area contributed by atoms with Crippen molar-refractivity contribution in [3.63, 3.8) is 0 Å². The third-order valence-corrected chi connectivity index (χ3v) is 1.96. The van der Waals surface area contributed by atoms with Crippen LogP contribution in [0.25, 0.3) is 0 Å². The van der Waals surface area contributed by atoms with Gasteiger partial charge in [0.05, 0.1) is 66.1 Å². The first kappa shape index (κ1) is 34.6. The predicted molar refractivity (Wildman–Crippen MR) is 85.0 cm³/mol. The minimum absolute atomic E-state index is 0. The normalized spacial score (nSPS) is 9.92. The van der Waals surface area contributed by atoms with E-state index in [1.807, 2.05) is 0 Å². The van der Waals surface area contributed by atoms with Gasteiger partial charge in [0, 0.05) is 10.4 Å². The van der Waals surface area contributed by atoms with Crippen LogP contribution in [0.15, 0.2) is 25.3 Å². The summed E-state index contributed by atoms with van der Waals surface area (Å²) in [6, 6.07) is 0. The van der Waals surface area contributed by atoms with Crippen LogP contribution in [-0.4, -0.2) is 83.6 Å². The van der Waals surface area contributed by atoms with E-state index in [9.17, 15) is 0 Å². The Kier molecular flexibility index (Phi) is 37.8. The Hall–Kier alpha value is 1.15. The van der Waals surface area contributed by atoms with Gasteiger partial charge in [-0.3, -0.25) is 8.42 Å². The van der Waals surface area contributed by atoms with Gasteiger partial charge in [0.1, 0.15) is 0 Å². The van der Waals surface area contributed by atoms with Crippen LogP contribution < -0.4 is 59.1 Å². The van der Waals surface area contributed by atoms with Crippen LogP contribution in [0.5, 0.6) is 0 Å². The van der Waals surface area contributed by atoms with Crippen molar-refractivity contribution in [2.75, 3.05) is 66.1 Å². The van der Waals surface area contributed by atoms with Crippen LogP contribution in [0.2, 0.25) is 0 Å². The van der Waals surface area contributed by atoms with Crippen LogP contribution in [0.4, 0.5) is 0 Å². The fourth-order valence-corrected chi connectivity index (χ4v) is 1.11. The van der Waals surface area contributed by atoms with Gasteiger partial charge < -0.3 is 32.8 Å². The summed E-state index contributed by atoms with van der Waals surface area (Å²) in [6.07, 6.45) is 3.43. The smallest absolute Gasteiger partial charge is 0.759 e. The fourth-order valence-electron chi connectivity index (χ4n) is 1.11. The van der Waals surface area contributed by atoms with Crippen molar-refractivity contribution in [1.29, 1.82) is 0 Å². The Bertz CT molecular complexity index is 353. The van der Waals surface area contributed by atoms with Crippen LogP contribution in [0, 0.1) is 0 Å². The fraction of sp³-hybridized carbons (Fsp3) is 0.714. The van der Waals surface area contributed by atoms with E-state index < -0.39 is 10.4 Å². The van der Waals surface area contributed by atoms with E-state index >= 15 is 0 Å². The zero-order valence-electron chi connectivity index (χ0n) is 15.7. The molecule has 0 aromatic rings. The van der Waals surface area contributed by atoms with Crippen molar-refractivity contribution in [3.8, 4) is 0 Å². The first-order valence-electron chi connectivity index (χ1n) is 7.19. The van der Waals surface area contributed by atoms with E-state index in [0.717, 1.165) is 0 Å². The second-order valence-electron chi connectivity index (χ2n) is 3.97. The molecule has 0 aliphatic rings. The molecule has 26 heavy (non-hydrogen) atoms. The number of rotatable bonds is 16. The Labute approximate surface area is 200 Å². The van der Waals surface area contributed by atoms with Gasteiger partial charge in [-0.15, -0.1) is 13.2 Å². The molecule has 0 N–H and O–H groups in total. The number of hydrogen-bond donors (Lipinski definition) is 0. The van der Waals surface area contributed by atoms with E-state index in [0.29, 0.717) is 66.1 Å². The molecule has 0 aliphatic heterocycles. The zero-order chi connectivity index (χ0) is 18.5. The summed E-state index contributed by atoms with van der Waals surface area (Å²) in [5.74, 6) is 0. The molecule has 0 rings (SSSR count). The molecular formula is C14H26Na2O9S. The van der Waals surface area contributed by atoms with Crippen LogP contribution in [0.3, 0.4) is 0 Å². The molecular weight excluding hydrogens is 390 g/mol.